The zero-order chi connectivity index (χ0) is 27.8. The Kier molecular flexibility index (Phi) is 27.8. The Morgan fingerprint density at radius 1 is 0.658 bits per heavy atom. The van der Waals surface area contributed by atoms with Gasteiger partial charge in [0.05, 0.1) is 0 Å². The molecule has 0 saturated heterocycles. The number of aryl methyl sites for hydroxylation is 2. The molecule has 0 heterocycles. The number of hydrogen-bond acceptors (Lipinski definition) is 0. The van der Waals surface area contributed by atoms with Crippen LogP contribution in [0, 0.1) is 27.7 Å². The van der Waals surface area contributed by atoms with Crippen molar-refractivity contribution in [2.45, 2.75) is 38.8 Å². The number of benzene rings is 2. The van der Waals surface area contributed by atoms with Gasteiger partial charge in [0, 0.05) is 0 Å². The fourth-order valence-corrected chi connectivity index (χ4v) is 6.22. The van der Waals surface area contributed by atoms with Gasteiger partial charge in [-0.1, -0.05) is 26.0 Å². The Hall–Kier alpha value is 1.51. The first kappa shape index (κ1) is 44.0. The Labute approximate surface area is 288 Å². The second-order valence-electron chi connectivity index (χ2n) is 7.76. The molecule has 0 fully saturated rings. The number of rotatable bonds is 4. The van der Waals surface area contributed by atoms with Crippen molar-refractivity contribution in [2.24, 2.45) is 0 Å². The number of halogens is 8. The number of hydrogen-bond donors (Lipinski definition) is 0. The Morgan fingerprint density at radius 2 is 0.947 bits per heavy atom. The van der Waals surface area contributed by atoms with E-state index in [0.29, 0.717) is 12.1 Å². The van der Waals surface area contributed by atoms with E-state index >= 15 is 0 Å². The predicted molar refractivity (Wildman–Crippen MR) is 185 cm³/mol. The van der Waals surface area contributed by atoms with Crippen molar-refractivity contribution < 1.29 is 23.3 Å². The Bertz CT molecular complexity index is 967. The van der Waals surface area contributed by atoms with E-state index in [-0.39, 0.29) is 24.8 Å². The standard InChI is InChI=1S/2C10H9.2C3H6Cl3Si.2ClH.Si.Zr/c2*1-8-6-9-4-2-3-5-10(9)7-8;2*1-2-3-7(4,5)6;;;;/h2*2-7H,1H3;2*1-3H2;2*1H;;/q4*-1;;;;. The number of fused-ring (bicyclic) bond motifs is 2. The van der Waals surface area contributed by atoms with E-state index in [1.807, 2.05) is 0 Å². The van der Waals surface area contributed by atoms with Crippen molar-refractivity contribution in [3.63, 3.8) is 0 Å². The third-order valence-corrected chi connectivity index (χ3v) is 9.69. The van der Waals surface area contributed by atoms with Crippen LogP contribution in [0.1, 0.15) is 24.0 Å². The molecule has 4 aromatic rings. The van der Waals surface area contributed by atoms with Gasteiger partial charge >= 0.3 is 42.2 Å². The Morgan fingerprint density at radius 3 is 1.16 bits per heavy atom. The molecule has 0 atom stereocenters. The van der Waals surface area contributed by atoms with E-state index in [0.717, 1.165) is 12.8 Å². The molecule has 212 valence electrons. The van der Waals surface area contributed by atoms with E-state index in [4.69, 9.17) is 66.5 Å². The van der Waals surface area contributed by atoms with Gasteiger partial charge in [0.2, 0.25) is 0 Å². The molecule has 0 amide bonds. The van der Waals surface area contributed by atoms with Crippen LogP contribution in [0.25, 0.3) is 21.5 Å². The molecule has 12 heteroatoms. The van der Waals surface area contributed by atoms with Gasteiger partial charge in [-0.3, -0.25) is 0 Å². The monoisotopic (exact) mass is 798 g/mol. The summed E-state index contributed by atoms with van der Waals surface area (Å²) < 4.78 is 0. The predicted octanol–water partition coefficient (Wildman–Crippen LogP) is 11.9. The second kappa shape index (κ2) is 24.0. The van der Waals surface area contributed by atoms with Crippen molar-refractivity contribution in [2.75, 3.05) is 0 Å². The van der Waals surface area contributed by atoms with Crippen LogP contribution in [-0.2, 0) is 23.3 Å². The SMILES string of the molecule is Cc1cc2ccccc2[cH-]1.Cc1cc2ccccc2[cH-]1.Cl.Cl.[CH2-]CC[Si](Cl)(Cl)Cl.[CH2-]CC[Si](Cl)(Cl)Cl.[Si]=[Zr]. The Balaban J connectivity index is -0.000000420. The van der Waals surface area contributed by atoms with Crippen LogP contribution in [0.3, 0.4) is 0 Å². The maximum absolute atomic E-state index is 5.46. The van der Waals surface area contributed by atoms with Gasteiger partial charge in [0.25, 0.3) is 0 Å². The van der Waals surface area contributed by atoms with Gasteiger partial charge in [0.15, 0.2) is 0 Å². The zero-order valence-corrected chi connectivity index (χ0v) is 32.9. The van der Waals surface area contributed by atoms with E-state index in [1.165, 1.54) is 56.0 Å². The molecule has 0 aromatic heterocycles. The van der Waals surface area contributed by atoms with Crippen molar-refractivity contribution in [3.05, 3.63) is 97.8 Å². The van der Waals surface area contributed by atoms with E-state index in [2.05, 4.69) is 107 Å². The molecule has 4 aromatic carbocycles. The average Bonchev–Trinajstić information content (AvgIpc) is 3.35. The molecule has 0 bridgehead atoms. The van der Waals surface area contributed by atoms with Crippen LogP contribution in [0.5, 0.6) is 0 Å². The molecule has 0 saturated carbocycles. The van der Waals surface area contributed by atoms with Gasteiger partial charge in [-0.15, -0.1) is 172 Å². The normalized spacial score (nSPS) is 10.0. The quantitative estimate of drug-likeness (QED) is 0.110. The van der Waals surface area contributed by atoms with Crippen molar-refractivity contribution >= 4 is 132 Å². The first-order chi connectivity index (χ1) is 16.8. The minimum atomic E-state index is -2.30. The molecule has 0 spiro atoms. The topological polar surface area (TPSA) is 0 Å². The van der Waals surface area contributed by atoms with E-state index in [1.54, 1.807) is 0 Å². The summed E-state index contributed by atoms with van der Waals surface area (Å²) >= 11 is 34.1. The van der Waals surface area contributed by atoms with Crippen molar-refractivity contribution in [3.8, 4) is 0 Å². The van der Waals surface area contributed by atoms with Crippen LogP contribution in [0.15, 0.2) is 72.8 Å². The summed E-state index contributed by atoms with van der Waals surface area (Å²) in [5.41, 5.74) is 2.70. The molecule has 0 N–H and O–H groups in total. The van der Waals surface area contributed by atoms with Crippen LogP contribution < -0.4 is 0 Å². The van der Waals surface area contributed by atoms with Crippen LogP contribution in [0.4, 0.5) is 0 Å². The maximum atomic E-state index is 5.46. The third-order valence-electron chi connectivity index (χ3n) is 4.45. The fraction of sp³-hybridized carbons (Fsp3) is 0.231. The van der Waals surface area contributed by atoms with Crippen molar-refractivity contribution in [1.29, 1.82) is 0 Å². The average molecular weight is 804 g/mol. The molecule has 0 aliphatic carbocycles. The first-order valence-corrected chi connectivity index (χ1v) is 25.7. The van der Waals surface area contributed by atoms with Gasteiger partial charge < -0.3 is 13.8 Å². The summed E-state index contributed by atoms with van der Waals surface area (Å²) in [5.74, 6) is 0. The minimum absolute atomic E-state index is 0. The first-order valence-electron chi connectivity index (χ1n) is 11.1. The zero-order valence-electron chi connectivity index (χ0n) is 21.3. The summed E-state index contributed by atoms with van der Waals surface area (Å²) in [6.07, 6.45) is 1.45. The van der Waals surface area contributed by atoms with Gasteiger partial charge in [0.1, 0.15) is 0 Å². The summed E-state index contributed by atoms with van der Waals surface area (Å²) in [4.78, 5) is 0. The van der Waals surface area contributed by atoms with E-state index < -0.39 is 12.0 Å². The van der Waals surface area contributed by atoms with Crippen LogP contribution >= 0.6 is 91.3 Å². The van der Waals surface area contributed by atoms with Crippen LogP contribution in [-0.4, -0.2) is 18.9 Å². The molecule has 0 aliphatic rings. The summed E-state index contributed by atoms with van der Waals surface area (Å²) in [6, 6.07) is 22.4. The second-order valence-corrected chi connectivity index (χ2v) is 26.3. The third kappa shape index (κ3) is 22.2. The summed E-state index contributed by atoms with van der Waals surface area (Å²) in [7, 11) is 0. The van der Waals surface area contributed by atoms with Crippen molar-refractivity contribution in [1.82, 2.24) is 0 Å². The molecular formula is C26H32Cl8Si3Zr-4. The van der Waals surface area contributed by atoms with Gasteiger partial charge in [-0.25, -0.2) is 0 Å². The van der Waals surface area contributed by atoms with Gasteiger partial charge in [-0.05, 0) is 12.1 Å². The molecular weight excluding hydrogens is 771 g/mol. The molecule has 2 radical (unpaired) electrons. The fourth-order valence-electron chi connectivity index (χ4n) is 3.01. The van der Waals surface area contributed by atoms with E-state index in [9.17, 15) is 0 Å². The van der Waals surface area contributed by atoms with Crippen LogP contribution in [0.2, 0.25) is 12.1 Å². The molecule has 0 aliphatic heterocycles. The molecule has 4 rings (SSSR count). The molecule has 0 nitrogen and oxygen atoms in total. The molecule has 38 heavy (non-hydrogen) atoms. The summed E-state index contributed by atoms with van der Waals surface area (Å²) in [6.45, 7) is 14.4. The molecule has 0 unspecified atom stereocenters. The summed E-state index contributed by atoms with van der Waals surface area (Å²) in [5, 5.41) is 5.39. The van der Waals surface area contributed by atoms with Gasteiger partial charge in [-0.2, -0.15) is 25.0 Å².